The Kier molecular flexibility index (Phi) is 2.76. The molecular weight excluding hydrogens is 156 g/mol. The molecule has 1 aromatic carbocycles. The first-order chi connectivity index (χ1) is 5.77. The summed E-state index contributed by atoms with van der Waals surface area (Å²) < 4.78 is 0. The first kappa shape index (κ1) is 8.67. The number of phenolic OH excluding ortho intramolecular Hbond substituents is 1. The Bertz CT molecular complexity index is 286. The quantitative estimate of drug-likeness (QED) is 0.664. The molecule has 4 nitrogen and oxygen atoms in total. The molecule has 1 aromatic rings. The summed E-state index contributed by atoms with van der Waals surface area (Å²) in [7, 11) is 0. The molecule has 0 fully saturated rings. The highest BCUT2D eigenvalue weighted by Gasteiger charge is 2.01. The summed E-state index contributed by atoms with van der Waals surface area (Å²) in [6.45, 7) is 0.517. The first-order valence-corrected chi connectivity index (χ1v) is 3.63. The van der Waals surface area contributed by atoms with Crippen LogP contribution >= 0.6 is 0 Å². The summed E-state index contributed by atoms with van der Waals surface area (Å²) in [5.74, 6) is -0.0919. The van der Waals surface area contributed by atoms with Crippen LogP contribution in [0.15, 0.2) is 23.4 Å². The molecule has 0 saturated heterocycles. The van der Waals surface area contributed by atoms with Crippen LogP contribution in [0.4, 0.5) is 5.69 Å². The zero-order valence-corrected chi connectivity index (χ0v) is 6.53. The van der Waals surface area contributed by atoms with Crippen LogP contribution < -0.4 is 5.73 Å². The Morgan fingerprint density at radius 2 is 2.25 bits per heavy atom. The Morgan fingerprint density at radius 3 is 2.83 bits per heavy atom. The fourth-order valence-electron chi connectivity index (χ4n) is 0.964. The molecule has 4 heteroatoms. The van der Waals surface area contributed by atoms with Crippen LogP contribution in [0.3, 0.4) is 0 Å². The van der Waals surface area contributed by atoms with Gasteiger partial charge in [-0.3, -0.25) is 0 Å². The van der Waals surface area contributed by atoms with Gasteiger partial charge >= 0.3 is 0 Å². The van der Waals surface area contributed by atoms with Crippen LogP contribution in [0.2, 0.25) is 0 Å². The Balaban J connectivity index is 2.96. The molecule has 0 aliphatic carbocycles. The van der Waals surface area contributed by atoms with Crippen LogP contribution in [-0.4, -0.2) is 11.7 Å². The van der Waals surface area contributed by atoms with Gasteiger partial charge in [-0.05, 0) is 35.8 Å². The summed E-state index contributed by atoms with van der Waals surface area (Å²) in [4.78, 5) is 10.1. The average molecular weight is 166 g/mol. The number of nitroso groups, excluding NO2 is 1. The highest BCUT2D eigenvalue weighted by atomic mass is 16.3. The van der Waals surface area contributed by atoms with E-state index in [0.717, 1.165) is 5.56 Å². The maximum atomic E-state index is 10.1. The second-order valence-electron chi connectivity index (χ2n) is 2.45. The smallest absolute Gasteiger partial charge is 0.149 e. The van der Waals surface area contributed by atoms with E-state index >= 15 is 0 Å². The third-order valence-electron chi connectivity index (χ3n) is 1.57. The van der Waals surface area contributed by atoms with Gasteiger partial charge in [0.2, 0.25) is 0 Å². The molecular formula is C8H10N2O2. The van der Waals surface area contributed by atoms with Gasteiger partial charge in [0, 0.05) is 0 Å². The fraction of sp³-hybridized carbons (Fsp3) is 0.250. The lowest BCUT2D eigenvalue weighted by Crippen LogP contribution is -2.02. The summed E-state index contributed by atoms with van der Waals surface area (Å²) in [5, 5.41) is 11.8. The summed E-state index contributed by atoms with van der Waals surface area (Å²) in [5.41, 5.74) is 6.30. The zero-order chi connectivity index (χ0) is 8.97. The second-order valence-corrected chi connectivity index (χ2v) is 2.45. The molecule has 64 valence electrons. The molecule has 0 atom stereocenters. The van der Waals surface area contributed by atoms with E-state index in [4.69, 9.17) is 10.8 Å². The molecule has 0 aliphatic rings. The lowest BCUT2D eigenvalue weighted by Gasteiger charge is -1.99. The lowest BCUT2D eigenvalue weighted by molar-refractivity contribution is 0.476. The zero-order valence-electron chi connectivity index (χ0n) is 6.53. The molecule has 0 radical (unpaired) electrons. The third kappa shape index (κ3) is 1.79. The molecule has 0 saturated carbocycles. The van der Waals surface area contributed by atoms with Crippen molar-refractivity contribution in [2.24, 2.45) is 10.9 Å². The number of nitrogens with two attached hydrogens (primary N) is 1. The number of rotatable bonds is 3. The van der Waals surface area contributed by atoms with Crippen molar-refractivity contribution in [1.82, 2.24) is 0 Å². The fourth-order valence-corrected chi connectivity index (χ4v) is 0.964. The van der Waals surface area contributed by atoms with E-state index in [1.807, 2.05) is 0 Å². The highest BCUT2D eigenvalue weighted by Crippen LogP contribution is 2.26. The third-order valence-corrected chi connectivity index (χ3v) is 1.57. The van der Waals surface area contributed by atoms with Crippen molar-refractivity contribution in [3.05, 3.63) is 28.7 Å². The van der Waals surface area contributed by atoms with E-state index in [-0.39, 0.29) is 11.4 Å². The van der Waals surface area contributed by atoms with Crippen molar-refractivity contribution in [2.45, 2.75) is 6.42 Å². The van der Waals surface area contributed by atoms with Crippen molar-refractivity contribution >= 4 is 5.69 Å². The SMILES string of the molecule is NCCc1ccc(O)c(N=O)c1. The maximum Gasteiger partial charge on any atom is 0.149 e. The topological polar surface area (TPSA) is 75.7 Å². The van der Waals surface area contributed by atoms with Gasteiger partial charge < -0.3 is 10.8 Å². The number of benzene rings is 1. The van der Waals surface area contributed by atoms with E-state index in [0.29, 0.717) is 13.0 Å². The van der Waals surface area contributed by atoms with E-state index in [2.05, 4.69) is 5.18 Å². The van der Waals surface area contributed by atoms with Crippen molar-refractivity contribution < 1.29 is 5.11 Å². The largest absolute Gasteiger partial charge is 0.506 e. The summed E-state index contributed by atoms with van der Waals surface area (Å²) in [6.07, 6.45) is 0.683. The van der Waals surface area contributed by atoms with Gasteiger partial charge in [-0.1, -0.05) is 6.07 Å². The van der Waals surface area contributed by atoms with Crippen LogP contribution in [0.25, 0.3) is 0 Å². The van der Waals surface area contributed by atoms with Crippen molar-refractivity contribution in [3.8, 4) is 5.75 Å². The molecule has 0 amide bonds. The summed E-state index contributed by atoms with van der Waals surface area (Å²) >= 11 is 0. The first-order valence-electron chi connectivity index (χ1n) is 3.63. The van der Waals surface area contributed by atoms with Crippen LogP contribution in [-0.2, 0) is 6.42 Å². The number of phenols is 1. The molecule has 0 heterocycles. The second kappa shape index (κ2) is 3.82. The summed E-state index contributed by atoms with van der Waals surface area (Å²) in [6, 6.07) is 4.70. The Morgan fingerprint density at radius 1 is 1.50 bits per heavy atom. The minimum atomic E-state index is -0.0919. The molecule has 0 aliphatic heterocycles. The van der Waals surface area contributed by atoms with Crippen LogP contribution in [0.5, 0.6) is 5.75 Å². The van der Waals surface area contributed by atoms with Crippen molar-refractivity contribution in [2.75, 3.05) is 6.54 Å². The van der Waals surface area contributed by atoms with E-state index in [9.17, 15) is 4.91 Å². The number of nitrogens with zero attached hydrogens (tertiary/aromatic N) is 1. The monoisotopic (exact) mass is 166 g/mol. The van der Waals surface area contributed by atoms with Gasteiger partial charge in [0.1, 0.15) is 11.4 Å². The van der Waals surface area contributed by atoms with E-state index in [1.54, 1.807) is 6.07 Å². The van der Waals surface area contributed by atoms with Gasteiger partial charge in [0.05, 0.1) is 0 Å². The number of aromatic hydroxyl groups is 1. The average Bonchev–Trinajstić information content (AvgIpc) is 2.09. The van der Waals surface area contributed by atoms with Crippen molar-refractivity contribution in [3.63, 3.8) is 0 Å². The minimum Gasteiger partial charge on any atom is -0.506 e. The molecule has 0 bridgehead atoms. The minimum absolute atomic E-state index is 0.0703. The number of hydrogen-bond acceptors (Lipinski definition) is 4. The highest BCUT2D eigenvalue weighted by molar-refractivity contribution is 5.52. The maximum absolute atomic E-state index is 10.1. The lowest BCUT2D eigenvalue weighted by atomic mass is 10.1. The van der Waals surface area contributed by atoms with Gasteiger partial charge in [0.25, 0.3) is 0 Å². The van der Waals surface area contributed by atoms with Gasteiger partial charge in [-0.25, -0.2) is 0 Å². The normalized spacial score (nSPS) is 9.75. The standard InChI is InChI=1S/C8H10N2O2/c9-4-3-6-1-2-8(11)7(5-6)10-12/h1-2,5,11H,3-4,9H2. The van der Waals surface area contributed by atoms with Crippen LogP contribution in [0.1, 0.15) is 5.56 Å². The Labute approximate surface area is 70.0 Å². The van der Waals surface area contributed by atoms with Crippen LogP contribution in [0, 0.1) is 4.91 Å². The van der Waals surface area contributed by atoms with E-state index in [1.165, 1.54) is 12.1 Å². The molecule has 1 rings (SSSR count). The predicted octanol–water partition coefficient (Wildman–Crippen LogP) is 1.29. The van der Waals surface area contributed by atoms with Crippen molar-refractivity contribution in [1.29, 1.82) is 0 Å². The van der Waals surface area contributed by atoms with Gasteiger partial charge in [-0.15, -0.1) is 4.91 Å². The molecule has 12 heavy (non-hydrogen) atoms. The van der Waals surface area contributed by atoms with Gasteiger partial charge in [-0.2, -0.15) is 0 Å². The predicted molar refractivity (Wildman–Crippen MR) is 46.3 cm³/mol. The van der Waals surface area contributed by atoms with E-state index < -0.39 is 0 Å². The van der Waals surface area contributed by atoms with Gasteiger partial charge in [0.15, 0.2) is 0 Å². The Hall–Kier alpha value is -1.42. The molecule has 0 aromatic heterocycles. The molecule has 0 unspecified atom stereocenters. The molecule has 3 N–H and O–H groups in total. The molecule has 0 spiro atoms. The number of hydrogen-bond donors (Lipinski definition) is 2.